The smallest absolute Gasteiger partial charge is 0.274 e. The van der Waals surface area contributed by atoms with E-state index < -0.39 is 84.6 Å². The van der Waals surface area contributed by atoms with E-state index in [2.05, 4.69) is 56.1 Å². The Morgan fingerprint density at radius 2 is 1.79 bits per heavy atom. The molecule has 7 atom stereocenters. The number of phosphoric ester groups is 3. The summed E-state index contributed by atoms with van der Waals surface area (Å²) in [4.78, 5) is 83.0. The highest BCUT2D eigenvalue weighted by molar-refractivity contribution is 7.80. The number of nitrogen functional groups attached to an aromatic ring is 1. The first-order chi connectivity index (χ1) is 22.2. The van der Waals surface area contributed by atoms with E-state index in [9.17, 15) is 53.1 Å². The zero-order chi connectivity index (χ0) is 36.1. The third kappa shape index (κ3) is 11.2. The van der Waals surface area contributed by atoms with Crippen molar-refractivity contribution in [2.75, 3.05) is 37.8 Å². The molecule has 1 aliphatic rings. The van der Waals surface area contributed by atoms with E-state index in [4.69, 9.17) is 10.5 Å². The number of hydrogen-bond acceptors (Lipinski definition) is 21. The van der Waals surface area contributed by atoms with Crippen LogP contribution in [0.25, 0.3) is 11.2 Å². The van der Waals surface area contributed by atoms with E-state index >= 15 is 0 Å². The molecule has 0 saturated carbocycles. The minimum absolute atomic E-state index is 0.0144. The van der Waals surface area contributed by atoms with Crippen LogP contribution in [0.4, 0.5) is 5.82 Å². The molecule has 27 heteroatoms. The maximum atomic E-state index is 12.4. The third-order valence-corrected chi connectivity index (χ3v) is 9.72. The molecule has 0 radical (unpaired) electrons. The van der Waals surface area contributed by atoms with Crippen LogP contribution in [0, 0.1) is 5.41 Å². The van der Waals surface area contributed by atoms with E-state index in [1.54, 1.807) is 0 Å². The second-order valence-corrected chi connectivity index (χ2v) is 15.2. The number of phosphoric acid groups is 3. The van der Waals surface area contributed by atoms with Gasteiger partial charge >= 0.3 is 0 Å². The lowest BCUT2D eigenvalue weighted by Gasteiger charge is -2.36. The van der Waals surface area contributed by atoms with Crippen molar-refractivity contribution in [3.63, 3.8) is 0 Å². The second-order valence-electron chi connectivity index (χ2n) is 10.7. The van der Waals surface area contributed by atoms with Crippen LogP contribution in [-0.4, -0.2) is 98.0 Å². The van der Waals surface area contributed by atoms with Crippen LogP contribution in [0.1, 0.15) is 26.5 Å². The monoisotopic (exact) mass is 763 g/mol. The summed E-state index contributed by atoms with van der Waals surface area (Å²) < 4.78 is 60.1. The van der Waals surface area contributed by atoms with Crippen LogP contribution in [0.2, 0.25) is 0 Å². The molecule has 1 saturated heterocycles. The average Bonchev–Trinajstić information content (AvgIpc) is 3.54. The van der Waals surface area contributed by atoms with E-state index in [1.165, 1.54) is 13.8 Å². The fraction of sp³-hybridized carbons (Fsp3) is 0.667. The molecule has 0 spiro atoms. The van der Waals surface area contributed by atoms with E-state index in [-0.39, 0.29) is 29.9 Å². The molecule has 2 unspecified atom stereocenters. The summed E-state index contributed by atoms with van der Waals surface area (Å²) in [6.45, 7) is 0.324. The summed E-state index contributed by atoms with van der Waals surface area (Å²) in [5.74, 6) is -1.05. The van der Waals surface area contributed by atoms with Crippen molar-refractivity contribution in [3.05, 3.63) is 12.7 Å². The standard InChI is InChI=1S/C21H36N7O16P3S/c1-21(2,16(31)19(32)24-4-3-12(29)23-5-6-48)8-41-47(38,39)44-46(36,37)40-7-11-15(43-45(33,34)35)14(30)20(42-11)28-10-27-13-17(22)25-9-26-18(13)28/h9-11,14-16,20,30-31,48H,3-8H2,1-2H3,(H,23,29)(H,24,32)(H,36,37)(H,38,39)(H2,22,25,26)(H2,33,34,35)/p-4/t11-,14-,15-,16+,20-/m1/s1. The zero-order valence-electron chi connectivity index (χ0n) is 25.0. The molecule has 0 aromatic carbocycles. The number of aliphatic hydroxyl groups excluding tert-OH is 2. The molecule has 1 fully saturated rings. The third-order valence-electron chi connectivity index (χ3n) is 6.49. The van der Waals surface area contributed by atoms with Crippen LogP contribution in [0.3, 0.4) is 0 Å². The Kier molecular flexibility index (Phi) is 13.7. The highest BCUT2D eigenvalue weighted by Crippen LogP contribution is 2.56. The Morgan fingerprint density at radius 3 is 2.44 bits per heavy atom. The molecule has 23 nitrogen and oxygen atoms in total. The number of ether oxygens (including phenoxy) is 1. The van der Waals surface area contributed by atoms with Crippen molar-refractivity contribution in [2.45, 2.75) is 50.9 Å². The number of nitrogens with two attached hydrogens (primary N) is 1. The van der Waals surface area contributed by atoms with Gasteiger partial charge in [-0.05, 0) is 0 Å². The lowest BCUT2D eigenvalue weighted by atomic mass is 9.87. The number of carbonyl (C=O) groups excluding carboxylic acids is 2. The fourth-order valence-electron chi connectivity index (χ4n) is 4.11. The van der Waals surface area contributed by atoms with Gasteiger partial charge in [0.25, 0.3) is 15.6 Å². The highest BCUT2D eigenvalue weighted by atomic mass is 32.1. The molecule has 2 aromatic rings. The Bertz CT molecular complexity index is 1590. The predicted molar refractivity (Wildman–Crippen MR) is 155 cm³/mol. The first-order valence-corrected chi connectivity index (χ1v) is 18.6. The quantitative estimate of drug-likeness (QED) is 0.0619. The van der Waals surface area contributed by atoms with Gasteiger partial charge in [-0.15, -0.1) is 0 Å². The van der Waals surface area contributed by atoms with Gasteiger partial charge in [-0.25, -0.2) is 19.3 Å². The van der Waals surface area contributed by atoms with Crippen molar-refractivity contribution in [1.29, 1.82) is 0 Å². The van der Waals surface area contributed by atoms with E-state index in [0.717, 1.165) is 17.2 Å². The molecule has 6 N–H and O–H groups in total. The molecule has 2 aromatic heterocycles. The first kappa shape index (κ1) is 40.3. The van der Waals surface area contributed by atoms with E-state index in [1.807, 2.05) is 0 Å². The predicted octanol–water partition coefficient (Wildman–Crippen LogP) is -4.19. The number of nitrogens with one attached hydrogen (secondary N) is 2. The Morgan fingerprint density at radius 1 is 1.12 bits per heavy atom. The zero-order valence-corrected chi connectivity index (χ0v) is 28.6. The Labute approximate surface area is 277 Å². The number of nitrogens with zero attached hydrogens (tertiary/aromatic N) is 4. The second kappa shape index (κ2) is 16.3. The summed E-state index contributed by atoms with van der Waals surface area (Å²) in [7, 11) is -17.5. The first-order valence-electron chi connectivity index (χ1n) is 13.6. The number of aliphatic hydroxyl groups is 2. The van der Waals surface area contributed by atoms with Crippen LogP contribution >= 0.6 is 36.1 Å². The van der Waals surface area contributed by atoms with Gasteiger partial charge < -0.3 is 69.0 Å². The number of anilines is 1. The molecule has 272 valence electrons. The van der Waals surface area contributed by atoms with Crippen LogP contribution in [0.15, 0.2) is 12.7 Å². The maximum Gasteiger partial charge on any atom is 0.274 e. The molecular formula is C21H32N7O16P3S-4. The number of rotatable bonds is 18. The summed E-state index contributed by atoms with van der Waals surface area (Å²) in [5, 5.41) is 25.9. The molecule has 2 amide bonds. The van der Waals surface area contributed by atoms with Crippen molar-refractivity contribution in [3.8, 4) is 0 Å². The van der Waals surface area contributed by atoms with Gasteiger partial charge in [0.1, 0.15) is 36.3 Å². The average molecular weight is 764 g/mol. The fourth-order valence-corrected chi connectivity index (χ4v) is 6.96. The van der Waals surface area contributed by atoms with Crippen molar-refractivity contribution < 1.29 is 75.7 Å². The molecule has 1 aliphatic heterocycles. The van der Waals surface area contributed by atoms with Crippen molar-refractivity contribution >= 4 is 64.9 Å². The Hall–Kier alpha value is -2.11. The van der Waals surface area contributed by atoms with Gasteiger partial charge in [0.2, 0.25) is 11.8 Å². The summed E-state index contributed by atoms with van der Waals surface area (Å²) in [6.07, 6.45) is -7.41. The molecule has 0 bridgehead atoms. The lowest BCUT2D eigenvalue weighted by molar-refractivity contribution is -0.347. The summed E-state index contributed by atoms with van der Waals surface area (Å²) >= 11 is 3.94. The van der Waals surface area contributed by atoms with Gasteiger partial charge in [0, 0.05) is 30.7 Å². The van der Waals surface area contributed by atoms with Crippen LogP contribution < -0.4 is 35.9 Å². The van der Waals surface area contributed by atoms with Gasteiger partial charge in [-0.2, -0.15) is 12.6 Å². The number of imidazole rings is 1. The number of hydrogen-bond donors (Lipinski definition) is 6. The number of thiol groups is 1. The number of amides is 2. The van der Waals surface area contributed by atoms with Gasteiger partial charge in [-0.3, -0.25) is 23.3 Å². The number of fused-ring (bicyclic) bond motifs is 1. The Balaban J connectivity index is 1.61. The summed E-state index contributed by atoms with van der Waals surface area (Å²) in [6, 6.07) is 0. The van der Waals surface area contributed by atoms with Gasteiger partial charge in [0.05, 0.1) is 27.4 Å². The minimum atomic E-state index is -5.88. The SMILES string of the molecule is CC(C)(COP(=O)([O-])OP(=O)([O-])OC[C@H]1O[C@@H](n2cnc3c(N)ncnc32)[C@H](O)[C@@H]1OP(=O)([O-])[O-])[C@@H](O)C(=O)NCCC(=O)NCCS. The highest BCUT2D eigenvalue weighted by Gasteiger charge is 2.47. The largest absolute Gasteiger partial charge is 0.790 e. The van der Waals surface area contributed by atoms with Crippen LogP contribution in [0.5, 0.6) is 0 Å². The number of carbonyl (C=O) groups is 2. The number of aromatic nitrogens is 4. The summed E-state index contributed by atoms with van der Waals surface area (Å²) in [5.41, 5.74) is 4.10. The van der Waals surface area contributed by atoms with Crippen molar-refractivity contribution in [2.24, 2.45) is 5.41 Å². The topological polar surface area (TPSA) is 358 Å². The normalized spacial score (nSPS) is 23.4. The molecule has 3 heterocycles. The van der Waals surface area contributed by atoms with Gasteiger partial charge in [-0.1, -0.05) is 13.8 Å². The lowest BCUT2D eigenvalue weighted by Crippen LogP contribution is -2.46. The molecule has 3 rings (SSSR count). The minimum Gasteiger partial charge on any atom is -0.790 e. The molecular weight excluding hydrogens is 731 g/mol. The van der Waals surface area contributed by atoms with Crippen molar-refractivity contribution in [1.82, 2.24) is 30.2 Å². The van der Waals surface area contributed by atoms with Gasteiger partial charge in [0.15, 0.2) is 17.7 Å². The molecule has 48 heavy (non-hydrogen) atoms. The molecule has 0 aliphatic carbocycles. The maximum absolute atomic E-state index is 12.4. The van der Waals surface area contributed by atoms with E-state index in [0.29, 0.717) is 12.3 Å². The van der Waals surface area contributed by atoms with Crippen LogP contribution in [-0.2, 0) is 45.9 Å².